The minimum atomic E-state index is 1.11. The van der Waals surface area contributed by atoms with Crippen LogP contribution in [0, 0.1) is 12.3 Å². The molecule has 1 aromatic rings. The first-order valence-electron chi connectivity index (χ1n) is 6.20. The Bertz CT molecular complexity index is 257. The molecule has 1 N–H and O–H groups in total. The topological polar surface area (TPSA) is 28.7 Å². The predicted molar refractivity (Wildman–Crippen MR) is 70.2 cm³/mol. The van der Waals surface area contributed by atoms with Crippen LogP contribution in [0.15, 0.2) is 12.4 Å². The van der Waals surface area contributed by atoms with E-state index in [9.17, 15) is 0 Å². The minimum absolute atomic E-state index is 1.11. The predicted octanol–water partition coefficient (Wildman–Crippen LogP) is 3.95. The fourth-order valence-electron chi connectivity index (χ4n) is 1.51. The number of rotatable bonds is 7. The summed E-state index contributed by atoms with van der Waals surface area (Å²) in [6, 6.07) is 0. The van der Waals surface area contributed by atoms with E-state index in [-0.39, 0.29) is 0 Å². The standard InChI is InChI=1S/C11H20N2.C3H4/c1-2-3-4-5-6-7-8-11-12-9-10-13-11;1-3-2/h9-10H,2-8H2,1H3,(H,12,13);1H,2H3. The Labute approximate surface area is 99.9 Å². The fraction of sp³-hybridized carbons (Fsp3) is 0.643. The van der Waals surface area contributed by atoms with Crippen LogP contribution in [0.5, 0.6) is 0 Å². The van der Waals surface area contributed by atoms with Crippen LogP contribution in [-0.4, -0.2) is 9.97 Å². The quantitative estimate of drug-likeness (QED) is 0.547. The van der Waals surface area contributed by atoms with Crippen molar-refractivity contribution in [1.29, 1.82) is 0 Å². The van der Waals surface area contributed by atoms with E-state index < -0.39 is 0 Å². The SMILES string of the molecule is C#CC.CCCCCCCCc1ncc[nH]1. The van der Waals surface area contributed by atoms with E-state index in [1.165, 1.54) is 38.5 Å². The number of terminal acetylenes is 1. The van der Waals surface area contributed by atoms with Crippen molar-refractivity contribution >= 4 is 0 Å². The van der Waals surface area contributed by atoms with Crippen LogP contribution >= 0.6 is 0 Å². The number of aromatic amines is 1. The van der Waals surface area contributed by atoms with Crippen molar-refractivity contribution in [2.45, 2.75) is 58.8 Å². The van der Waals surface area contributed by atoms with Gasteiger partial charge in [0.2, 0.25) is 0 Å². The van der Waals surface area contributed by atoms with Gasteiger partial charge in [-0.2, -0.15) is 0 Å². The number of nitrogens with zero attached hydrogens (tertiary/aromatic N) is 1. The molecule has 0 aromatic carbocycles. The lowest BCUT2D eigenvalue weighted by Crippen LogP contribution is -1.88. The zero-order valence-corrected chi connectivity index (χ0v) is 10.6. The Morgan fingerprint density at radius 3 is 2.44 bits per heavy atom. The number of hydrogen-bond donors (Lipinski definition) is 1. The van der Waals surface area contributed by atoms with E-state index >= 15 is 0 Å². The van der Waals surface area contributed by atoms with Gasteiger partial charge in [-0.05, 0) is 13.3 Å². The molecule has 0 saturated carbocycles. The fourth-order valence-corrected chi connectivity index (χ4v) is 1.51. The first-order valence-corrected chi connectivity index (χ1v) is 6.20. The molecular formula is C14H24N2. The first-order chi connectivity index (χ1) is 7.85. The molecule has 2 nitrogen and oxygen atoms in total. The second-order valence-electron chi connectivity index (χ2n) is 3.84. The molecule has 90 valence electrons. The molecule has 0 bridgehead atoms. The normalized spacial score (nSPS) is 9.06. The number of imidazole rings is 1. The summed E-state index contributed by atoms with van der Waals surface area (Å²) in [5.74, 6) is 3.38. The molecule has 16 heavy (non-hydrogen) atoms. The van der Waals surface area contributed by atoms with Gasteiger partial charge >= 0.3 is 0 Å². The Morgan fingerprint density at radius 1 is 1.25 bits per heavy atom. The van der Waals surface area contributed by atoms with Gasteiger partial charge in [-0.3, -0.25) is 0 Å². The number of hydrogen-bond acceptors (Lipinski definition) is 1. The van der Waals surface area contributed by atoms with Crippen LogP contribution in [0.2, 0.25) is 0 Å². The molecule has 0 aliphatic heterocycles. The lowest BCUT2D eigenvalue weighted by molar-refractivity contribution is 0.602. The average Bonchev–Trinajstić information content (AvgIpc) is 2.77. The smallest absolute Gasteiger partial charge is 0.105 e. The number of nitrogens with one attached hydrogen (secondary N) is 1. The van der Waals surface area contributed by atoms with Gasteiger partial charge < -0.3 is 4.98 Å². The second-order valence-corrected chi connectivity index (χ2v) is 3.84. The summed E-state index contributed by atoms with van der Waals surface area (Å²) in [7, 11) is 0. The summed E-state index contributed by atoms with van der Waals surface area (Å²) in [4.78, 5) is 7.32. The lowest BCUT2D eigenvalue weighted by Gasteiger charge is -1.98. The highest BCUT2D eigenvalue weighted by Crippen LogP contribution is 2.07. The lowest BCUT2D eigenvalue weighted by atomic mass is 10.1. The van der Waals surface area contributed by atoms with Crippen LogP contribution in [0.1, 0.15) is 58.2 Å². The summed E-state index contributed by atoms with van der Waals surface area (Å²) >= 11 is 0. The molecule has 0 atom stereocenters. The highest BCUT2D eigenvalue weighted by molar-refractivity contribution is 4.86. The van der Waals surface area contributed by atoms with Gasteiger partial charge in [0.05, 0.1) is 0 Å². The zero-order chi connectivity index (χ0) is 12.1. The Kier molecular flexibility index (Phi) is 10.9. The highest BCUT2D eigenvalue weighted by Gasteiger charge is 1.94. The van der Waals surface area contributed by atoms with Crippen LogP contribution in [0.25, 0.3) is 0 Å². The van der Waals surface area contributed by atoms with Crippen molar-refractivity contribution in [3.05, 3.63) is 18.2 Å². The van der Waals surface area contributed by atoms with Gasteiger partial charge in [-0.1, -0.05) is 39.0 Å². The van der Waals surface area contributed by atoms with E-state index in [1.54, 1.807) is 6.92 Å². The van der Waals surface area contributed by atoms with Gasteiger partial charge in [0, 0.05) is 18.8 Å². The summed E-state index contributed by atoms with van der Waals surface area (Å²) in [6.07, 6.45) is 17.6. The third-order valence-electron chi connectivity index (χ3n) is 2.32. The van der Waals surface area contributed by atoms with E-state index in [4.69, 9.17) is 0 Å². The van der Waals surface area contributed by atoms with E-state index in [0.717, 1.165) is 12.2 Å². The van der Waals surface area contributed by atoms with E-state index in [0.29, 0.717) is 0 Å². The second kappa shape index (κ2) is 11.8. The maximum Gasteiger partial charge on any atom is 0.105 e. The summed E-state index contributed by atoms with van der Waals surface area (Å²) < 4.78 is 0. The van der Waals surface area contributed by atoms with E-state index in [2.05, 4.69) is 29.2 Å². The number of unbranched alkanes of at least 4 members (excludes halogenated alkanes) is 5. The highest BCUT2D eigenvalue weighted by atomic mass is 14.9. The largest absolute Gasteiger partial charge is 0.349 e. The van der Waals surface area contributed by atoms with Crippen molar-refractivity contribution < 1.29 is 0 Å². The molecule has 0 amide bonds. The van der Waals surface area contributed by atoms with Crippen LogP contribution in [-0.2, 0) is 6.42 Å². The molecule has 0 fully saturated rings. The zero-order valence-electron chi connectivity index (χ0n) is 10.6. The van der Waals surface area contributed by atoms with E-state index in [1.807, 2.05) is 12.4 Å². The average molecular weight is 220 g/mol. The molecule has 0 aliphatic rings. The summed E-state index contributed by atoms with van der Waals surface area (Å²) in [5.41, 5.74) is 0. The van der Waals surface area contributed by atoms with Crippen molar-refractivity contribution in [3.8, 4) is 12.3 Å². The Morgan fingerprint density at radius 2 is 1.88 bits per heavy atom. The summed E-state index contributed by atoms with van der Waals surface area (Å²) in [5, 5.41) is 0. The number of H-pyrrole nitrogens is 1. The monoisotopic (exact) mass is 220 g/mol. The van der Waals surface area contributed by atoms with Crippen molar-refractivity contribution in [1.82, 2.24) is 9.97 Å². The molecule has 1 rings (SSSR count). The van der Waals surface area contributed by atoms with Gasteiger partial charge in [-0.15, -0.1) is 12.3 Å². The molecule has 0 saturated heterocycles. The molecule has 0 radical (unpaired) electrons. The molecule has 0 unspecified atom stereocenters. The first kappa shape index (κ1) is 14.8. The van der Waals surface area contributed by atoms with Gasteiger partial charge in [-0.25, -0.2) is 4.98 Å². The van der Waals surface area contributed by atoms with Crippen LogP contribution < -0.4 is 0 Å². The number of aryl methyl sites for hydroxylation is 1. The molecule has 2 heteroatoms. The Hall–Kier alpha value is -1.23. The van der Waals surface area contributed by atoms with Crippen molar-refractivity contribution in [3.63, 3.8) is 0 Å². The third-order valence-corrected chi connectivity index (χ3v) is 2.32. The van der Waals surface area contributed by atoms with Gasteiger partial charge in [0.1, 0.15) is 5.82 Å². The minimum Gasteiger partial charge on any atom is -0.349 e. The van der Waals surface area contributed by atoms with Crippen LogP contribution in [0.4, 0.5) is 0 Å². The molecule has 0 aliphatic carbocycles. The van der Waals surface area contributed by atoms with Gasteiger partial charge in [0.15, 0.2) is 0 Å². The van der Waals surface area contributed by atoms with Crippen molar-refractivity contribution in [2.75, 3.05) is 0 Å². The summed E-state index contributed by atoms with van der Waals surface area (Å²) in [6.45, 7) is 3.91. The van der Waals surface area contributed by atoms with Crippen molar-refractivity contribution in [2.24, 2.45) is 0 Å². The maximum absolute atomic E-state index is 4.60. The molecule has 0 spiro atoms. The molecule has 1 heterocycles. The number of aromatic nitrogens is 2. The Balaban J connectivity index is 0.000000673. The maximum atomic E-state index is 4.60. The molecular weight excluding hydrogens is 196 g/mol. The third kappa shape index (κ3) is 9.33. The molecule has 1 aromatic heterocycles. The van der Waals surface area contributed by atoms with Gasteiger partial charge in [0.25, 0.3) is 0 Å². The van der Waals surface area contributed by atoms with Crippen LogP contribution in [0.3, 0.4) is 0 Å².